The lowest BCUT2D eigenvalue weighted by Gasteiger charge is -2.15. The van der Waals surface area contributed by atoms with E-state index in [1.165, 1.54) is 5.56 Å². The van der Waals surface area contributed by atoms with Gasteiger partial charge in [-0.3, -0.25) is 4.99 Å². The van der Waals surface area contributed by atoms with Gasteiger partial charge in [-0.05, 0) is 32.4 Å². The number of nitrogens with one attached hydrogen (secondary N) is 3. The number of rotatable bonds is 9. The minimum absolute atomic E-state index is 0.188. The minimum atomic E-state index is -3.15. The van der Waals surface area contributed by atoms with Crippen LogP contribution >= 0.6 is 0 Å². The summed E-state index contributed by atoms with van der Waals surface area (Å²) in [6.07, 6.45) is 2.89. The van der Waals surface area contributed by atoms with Crippen molar-refractivity contribution in [2.75, 3.05) is 33.0 Å². The van der Waals surface area contributed by atoms with Crippen LogP contribution in [0.5, 0.6) is 11.5 Å². The van der Waals surface area contributed by atoms with E-state index in [1.807, 2.05) is 13.0 Å². The second kappa shape index (κ2) is 9.80. The molecule has 9 heteroatoms. The molecule has 0 radical (unpaired) electrons. The number of benzene rings is 1. The van der Waals surface area contributed by atoms with E-state index in [1.54, 1.807) is 7.05 Å². The summed E-state index contributed by atoms with van der Waals surface area (Å²) in [5.41, 5.74) is 2.18. The fourth-order valence-corrected chi connectivity index (χ4v) is 3.38. The standard InChI is InChI=1S/C18H30N4O4S/c1-5-25-16-10-14-9-13(2)26-17(14)11-15(16)12-21-18(19-3)20-7-6-8-22-27(4,23)24/h10-11,13,22H,5-9,12H2,1-4H3,(H2,19,20,21). The van der Waals surface area contributed by atoms with Gasteiger partial charge in [-0.25, -0.2) is 13.1 Å². The molecule has 0 saturated heterocycles. The number of nitrogens with zero attached hydrogens (tertiary/aromatic N) is 1. The predicted molar refractivity (Wildman–Crippen MR) is 107 cm³/mol. The van der Waals surface area contributed by atoms with E-state index in [0.717, 1.165) is 29.7 Å². The second-order valence-electron chi connectivity index (χ2n) is 6.51. The molecule has 3 N–H and O–H groups in total. The number of aliphatic imine (C=N–C) groups is 1. The molecule has 1 unspecified atom stereocenters. The highest BCUT2D eigenvalue weighted by atomic mass is 32.2. The van der Waals surface area contributed by atoms with Gasteiger partial charge in [0.15, 0.2) is 5.96 Å². The van der Waals surface area contributed by atoms with Crippen LogP contribution in [0.2, 0.25) is 0 Å². The Balaban J connectivity index is 1.89. The lowest BCUT2D eigenvalue weighted by atomic mass is 10.1. The van der Waals surface area contributed by atoms with E-state index in [0.29, 0.717) is 38.6 Å². The summed E-state index contributed by atoms with van der Waals surface area (Å²) >= 11 is 0. The molecule has 0 aromatic heterocycles. The summed E-state index contributed by atoms with van der Waals surface area (Å²) in [5.74, 6) is 2.42. The van der Waals surface area contributed by atoms with Crippen molar-refractivity contribution in [1.82, 2.24) is 15.4 Å². The highest BCUT2D eigenvalue weighted by molar-refractivity contribution is 7.88. The Labute approximate surface area is 161 Å². The summed E-state index contributed by atoms with van der Waals surface area (Å²) in [5, 5.41) is 6.43. The first-order valence-corrected chi connectivity index (χ1v) is 11.1. The number of fused-ring (bicyclic) bond motifs is 1. The third-order valence-corrected chi connectivity index (χ3v) is 4.79. The van der Waals surface area contributed by atoms with Crippen LogP contribution in [0, 0.1) is 0 Å². The summed E-state index contributed by atoms with van der Waals surface area (Å²) in [6.45, 7) is 6.16. The average Bonchev–Trinajstić information content (AvgIpc) is 2.95. The highest BCUT2D eigenvalue weighted by Gasteiger charge is 2.21. The number of hydrogen-bond acceptors (Lipinski definition) is 5. The predicted octanol–water partition coefficient (Wildman–Crippen LogP) is 1.01. The zero-order valence-electron chi connectivity index (χ0n) is 16.5. The van der Waals surface area contributed by atoms with Crippen molar-refractivity contribution < 1.29 is 17.9 Å². The van der Waals surface area contributed by atoms with Gasteiger partial charge in [0.05, 0.1) is 12.9 Å². The molecule has 152 valence electrons. The molecule has 0 saturated carbocycles. The normalized spacial score (nSPS) is 16.6. The molecule has 1 aromatic carbocycles. The quantitative estimate of drug-likeness (QED) is 0.326. The van der Waals surface area contributed by atoms with Crippen molar-refractivity contribution in [1.29, 1.82) is 0 Å². The molecule has 1 aromatic rings. The van der Waals surface area contributed by atoms with Crippen molar-refractivity contribution in [2.24, 2.45) is 4.99 Å². The fraction of sp³-hybridized carbons (Fsp3) is 0.611. The molecule has 1 heterocycles. The van der Waals surface area contributed by atoms with E-state index in [9.17, 15) is 8.42 Å². The summed E-state index contributed by atoms with van der Waals surface area (Å²) in [6, 6.07) is 4.09. The Hall–Kier alpha value is -2.00. The largest absolute Gasteiger partial charge is 0.494 e. The topological polar surface area (TPSA) is 101 Å². The van der Waals surface area contributed by atoms with Crippen LogP contribution in [0.4, 0.5) is 0 Å². The number of guanidine groups is 1. The molecule has 27 heavy (non-hydrogen) atoms. The molecule has 0 amide bonds. The highest BCUT2D eigenvalue weighted by Crippen LogP contribution is 2.35. The smallest absolute Gasteiger partial charge is 0.208 e. The maximum atomic E-state index is 11.0. The van der Waals surface area contributed by atoms with Crippen LogP contribution in [-0.4, -0.2) is 53.5 Å². The monoisotopic (exact) mass is 398 g/mol. The van der Waals surface area contributed by atoms with Crippen molar-refractivity contribution in [2.45, 2.75) is 39.3 Å². The number of hydrogen-bond donors (Lipinski definition) is 3. The molecule has 0 bridgehead atoms. The Kier molecular flexibility index (Phi) is 7.73. The Morgan fingerprint density at radius 1 is 1.33 bits per heavy atom. The molecule has 0 spiro atoms. The lowest BCUT2D eigenvalue weighted by molar-refractivity contribution is 0.254. The van der Waals surface area contributed by atoms with Gasteiger partial charge in [-0.2, -0.15) is 0 Å². The SMILES string of the molecule is CCOc1cc2c(cc1CNC(=NC)NCCCNS(C)(=O)=O)OC(C)C2. The van der Waals surface area contributed by atoms with Crippen LogP contribution in [0.1, 0.15) is 31.4 Å². The molecular weight excluding hydrogens is 368 g/mol. The molecule has 1 aliphatic rings. The maximum absolute atomic E-state index is 11.0. The summed E-state index contributed by atoms with van der Waals surface area (Å²) in [4.78, 5) is 4.19. The maximum Gasteiger partial charge on any atom is 0.208 e. The van der Waals surface area contributed by atoms with Crippen LogP contribution in [0.3, 0.4) is 0 Å². The number of ether oxygens (including phenoxy) is 2. The molecule has 2 rings (SSSR count). The van der Waals surface area contributed by atoms with Crippen LogP contribution in [0.15, 0.2) is 17.1 Å². The first-order chi connectivity index (χ1) is 12.8. The van der Waals surface area contributed by atoms with Crippen molar-refractivity contribution in [3.8, 4) is 11.5 Å². The van der Waals surface area contributed by atoms with Gasteiger partial charge in [-0.1, -0.05) is 0 Å². The van der Waals surface area contributed by atoms with Gasteiger partial charge in [0.25, 0.3) is 0 Å². The summed E-state index contributed by atoms with van der Waals surface area (Å²) in [7, 11) is -1.45. The third-order valence-electron chi connectivity index (χ3n) is 4.06. The van der Waals surface area contributed by atoms with Gasteiger partial charge >= 0.3 is 0 Å². The molecule has 8 nitrogen and oxygen atoms in total. The van der Waals surface area contributed by atoms with Gasteiger partial charge < -0.3 is 20.1 Å². The first-order valence-electron chi connectivity index (χ1n) is 9.16. The van der Waals surface area contributed by atoms with Gasteiger partial charge in [0.2, 0.25) is 10.0 Å². The first kappa shape index (κ1) is 21.3. The fourth-order valence-electron chi connectivity index (χ4n) is 2.86. The van der Waals surface area contributed by atoms with Gasteiger partial charge in [0, 0.05) is 44.2 Å². The van der Waals surface area contributed by atoms with E-state index >= 15 is 0 Å². The van der Waals surface area contributed by atoms with E-state index in [4.69, 9.17) is 9.47 Å². The van der Waals surface area contributed by atoms with Gasteiger partial charge in [0.1, 0.15) is 17.6 Å². The summed E-state index contributed by atoms with van der Waals surface area (Å²) < 4.78 is 36.2. The van der Waals surface area contributed by atoms with Gasteiger partial charge in [-0.15, -0.1) is 0 Å². The third kappa shape index (κ3) is 6.91. The van der Waals surface area contributed by atoms with Crippen molar-refractivity contribution >= 4 is 16.0 Å². The van der Waals surface area contributed by atoms with Crippen LogP contribution < -0.4 is 24.8 Å². The van der Waals surface area contributed by atoms with E-state index < -0.39 is 10.0 Å². The van der Waals surface area contributed by atoms with Crippen LogP contribution in [-0.2, 0) is 23.0 Å². The zero-order chi connectivity index (χ0) is 19.9. The van der Waals surface area contributed by atoms with Crippen molar-refractivity contribution in [3.63, 3.8) is 0 Å². The second-order valence-corrected chi connectivity index (χ2v) is 8.34. The molecule has 0 aliphatic carbocycles. The average molecular weight is 399 g/mol. The zero-order valence-corrected chi connectivity index (χ0v) is 17.3. The molecule has 0 fully saturated rings. The molecule has 1 aliphatic heterocycles. The minimum Gasteiger partial charge on any atom is -0.494 e. The van der Waals surface area contributed by atoms with Crippen LogP contribution in [0.25, 0.3) is 0 Å². The van der Waals surface area contributed by atoms with Crippen molar-refractivity contribution in [3.05, 3.63) is 23.3 Å². The Morgan fingerprint density at radius 2 is 2.11 bits per heavy atom. The Bertz CT molecular complexity index is 765. The van der Waals surface area contributed by atoms with E-state index in [-0.39, 0.29) is 6.10 Å². The molecular formula is C18H30N4O4S. The number of sulfonamides is 1. The molecule has 1 atom stereocenters. The lowest BCUT2D eigenvalue weighted by Crippen LogP contribution is -2.38. The Morgan fingerprint density at radius 3 is 2.78 bits per heavy atom. The van der Waals surface area contributed by atoms with E-state index in [2.05, 4.69) is 33.3 Å².